The minimum Gasteiger partial charge on any atom is -0.298 e. The van der Waals surface area contributed by atoms with Crippen LogP contribution in [0.25, 0.3) is 11.1 Å². The Kier molecular flexibility index (Phi) is 3.64. The van der Waals surface area contributed by atoms with Gasteiger partial charge in [0.25, 0.3) is 0 Å². The molecule has 0 bridgehead atoms. The topological polar surface area (TPSA) is 17.1 Å². The van der Waals surface area contributed by atoms with Crippen molar-refractivity contribution in [1.82, 2.24) is 0 Å². The van der Waals surface area contributed by atoms with Crippen molar-refractivity contribution < 1.29 is 13.6 Å². The van der Waals surface area contributed by atoms with Gasteiger partial charge in [-0.15, -0.1) is 0 Å². The second kappa shape index (κ2) is 5.04. The molecule has 0 unspecified atom stereocenters. The number of carbonyl (C=O) groups excluding carboxylic acids is 1. The summed E-state index contributed by atoms with van der Waals surface area (Å²) in [6, 6.07) is 6.04. The summed E-state index contributed by atoms with van der Waals surface area (Å²) in [4.78, 5) is 10.8. The van der Waals surface area contributed by atoms with Gasteiger partial charge >= 0.3 is 0 Å². The smallest absolute Gasteiger partial charge is 0.153 e. The first-order valence-electron chi connectivity index (χ1n) is 4.93. The van der Waals surface area contributed by atoms with Gasteiger partial charge in [-0.1, -0.05) is 29.3 Å². The van der Waals surface area contributed by atoms with Crippen LogP contribution in [0.4, 0.5) is 8.78 Å². The molecule has 0 amide bonds. The van der Waals surface area contributed by atoms with Gasteiger partial charge < -0.3 is 0 Å². The van der Waals surface area contributed by atoms with Crippen molar-refractivity contribution in [2.24, 2.45) is 0 Å². The highest BCUT2D eigenvalue weighted by molar-refractivity contribution is 6.40. The van der Waals surface area contributed by atoms with Crippen molar-refractivity contribution in [2.45, 2.75) is 0 Å². The highest BCUT2D eigenvalue weighted by Gasteiger charge is 2.14. The van der Waals surface area contributed by atoms with E-state index < -0.39 is 11.6 Å². The molecule has 0 saturated carbocycles. The van der Waals surface area contributed by atoms with Crippen LogP contribution in [0, 0.1) is 11.6 Å². The van der Waals surface area contributed by atoms with Crippen LogP contribution in [0.2, 0.25) is 10.0 Å². The standard InChI is InChI=1S/C13H6Cl2F2O/c14-11-4-3-9(13(15)10(11)6-18)8-2-1-7(16)5-12(8)17/h1-6H. The Bertz CT molecular complexity index is 627. The van der Waals surface area contributed by atoms with Crippen LogP contribution in [-0.4, -0.2) is 6.29 Å². The van der Waals surface area contributed by atoms with E-state index in [-0.39, 0.29) is 21.2 Å². The molecule has 5 heteroatoms. The van der Waals surface area contributed by atoms with Crippen LogP contribution in [0.5, 0.6) is 0 Å². The van der Waals surface area contributed by atoms with Gasteiger partial charge in [0.15, 0.2) is 6.29 Å². The molecule has 0 aliphatic carbocycles. The molecule has 2 rings (SSSR count). The molecule has 0 aliphatic heterocycles. The third-order valence-electron chi connectivity index (χ3n) is 2.47. The Morgan fingerprint density at radius 2 is 1.67 bits per heavy atom. The lowest BCUT2D eigenvalue weighted by Gasteiger charge is -2.09. The maximum atomic E-state index is 13.6. The molecule has 92 valence electrons. The Labute approximate surface area is 112 Å². The maximum absolute atomic E-state index is 13.6. The predicted octanol–water partition coefficient (Wildman–Crippen LogP) is 4.75. The van der Waals surface area contributed by atoms with Crippen LogP contribution < -0.4 is 0 Å². The summed E-state index contributed by atoms with van der Waals surface area (Å²) in [5.74, 6) is -1.44. The van der Waals surface area contributed by atoms with Crippen molar-refractivity contribution in [3.05, 3.63) is 57.6 Å². The van der Waals surface area contributed by atoms with E-state index in [1.165, 1.54) is 18.2 Å². The van der Waals surface area contributed by atoms with Crippen LogP contribution in [-0.2, 0) is 0 Å². The number of hydrogen-bond acceptors (Lipinski definition) is 1. The van der Waals surface area contributed by atoms with Gasteiger partial charge in [-0.3, -0.25) is 4.79 Å². The predicted molar refractivity (Wildman–Crippen MR) is 67.2 cm³/mol. The molecule has 0 N–H and O–H groups in total. The van der Waals surface area contributed by atoms with Gasteiger partial charge in [-0.25, -0.2) is 8.78 Å². The largest absolute Gasteiger partial charge is 0.298 e. The summed E-state index contributed by atoms with van der Waals surface area (Å²) in [5.41, 5.74) is 0.487. The fourth-order valence-electron chi connectivity index (χ4n) is 1.59. The van der Waals surface area contributed by atoms with E-state index in [9.17, 15) is 13.6 Å². The fraction of sp³-hybridized carbons (Fsp3) is 0. The Morgan fingerprint density at radius 1 is 1.00 bits per heavy atom. The molecule has 2 aromatic carbocycles. The van der Waals surface area contributed by atoms with E-state index in [4.69, 9.17) is 23.2 Å². The monoisotopic (exact) mass is 286 g/mol. The zero-order chi connectivity index (χ0) is 13.3. The summed E-state index contributed by atoms with van der Waals surface area (Å²) in [6.45, 7) is 0. The zero-order valence-electron chi connectivity index (χ0n) is 8.88. The fourth-order valence-corrected chi connectivity index (χ4v) is 2.15. The molecule has 0 fully saturated rings. The van der Waals surface area contributed by atoms with Crippen LogP contribution in [0.3, 0.4) is 0 Å². The van der Waals surface area contributed by atoms with Crippen molar-refractivity contribution in [1.29, 1.82) is 0 Å². The number of carbonyl (C=O) groups is 1. The highest BCUT2D eigenvalue weighted by atomic mass is 35.5. The van der Waals surface area contributed by atoms with Gasteiger partial charge in [-0.2, -0.15) is 0 Å². The lowest BCUT2D eigenvalue weighted by atomic mass is 10.0. The molecule has 2 aromatic rings. The van der Waals surface area contributed by atoms with Gasteiger partial charge in [0.1, 0.15) is 11.6 Å². The number of hydrogen-bond donors (Lipinski definition) is 0. The lowest BCUT2D eigenvalue weighted by Crippen LogP contribution is -1.91. The molecule has 0 atom stereocenters. The molecule has 0 radical (unpaired) electrons. The minimum absolute atomic E-state index is 0.0445. The third-order valence-corrected chi connectivity index (χ3v) is 3.20. The Hall–Kier alpha value is -1.45. The molecular weight excluding hydrogens is 281 g/mol. The van der Waals surface area contributed by atoms with E-state index in [2.05, 4.69) is 0 Å². The summed E-state index contributed by atoms with van der Waals surface area (Å²) < 4.78 is 26.5. The van der Waals surface area contributed by atoms with Crippen molar-refractivity contribution in [2.75, 3.05) is 0 Å². The number of rotatable bonds is 2. The Balaban J connectivity index is 2.68. The van der Waals surface area contributed by atoms with Crippen molar-refractivity contribution in [3.8, 4) is 11.1 Å². The van der Waals surface area contributed by atoms with Gasteiger partial charge in [-0.05, 0) is 18.2 Å². The highest BCUT2D eigenvalue weighted by Crippen LogP contribution is 2.35. The van der Waals surface area contributed by atoms with Crippen molar-refractivity contribution >= 4 is 29.5 Å². The summed E-state index contributed by atoms with van der Waals surface area (Å²) >= 11 is 11.8. The second-order valence-corrected chi connectivity index (χ2v) is 4.35. The molecule has 0 saturated heterocycles. The number of halogens is 4. The average molecular weight is 287 g/mol. The molecule has 0 spiro atoms. The summed E-state index contributed by atoms with van der Waals surface area (Å²) in [6.07, 6.45) is 0.496. The normalized spacial score (nSPS) is 10.4. The third kappa shape index (κ3) is 2.24. The molecule has 0 heterocycles. The van der Waals surface area contributed by atoms with E-state index >= 15 is 0 Å². The van der Waals surface area contributed by atoms with Gasteiger partial charge in [0.2, 0.25) is 0 Å². The average Bonchev–Trinajstić information content (AvgIpc) is 2.31. The second-order valence-electron chi connectivity index (χ2n) is 3.56. The van der Waals surface area contributed by atoms with Crippen LogP contribution in [0.15, 0.2) is 30.3 Å². The lowest BCUT2D eigenvalue weighted by molar-refractivity contribution is 0.112. The molecular formula is C13H6Cl2F2O. The summed E-state index contributed by atoms with van der Waals surface area (Å²) in [7, 11) is 0. The summed E-state index contributed by atoms with van der Waals surface area (Å²) in [5, 5.41) is 0.226. The molecule has 18 heavy (non-hydrogen) atoms. The van der Waals surface area contributed by atoms with E-state index in [1.54, 1.807) is 0 Å². The number of benzene rings is 2. The van der Waals surface area contributed by atoms with E-state index in [0.29, 0.717) is 11.8 Å². The molecule has 0 aromatic heterocycles. The quantitative estimate of drug-likeness (QED) is 0.728. The van der Waals surface area contributed by atoms with Gasteiger partial charge in [0.05, 0.1) is 15.6 Å². The maximum Gasteiger partial charge on any atom is 0.153 e. The molecule has 0 aliphatic rings. The number of aldehydes is 1. The van der Waals surface area contributed by atoms with Crippen LogP contribution >= 0.6 is 23.2 Å². The first kappa shape index (κ1) is 13.0. The first-order chi connectivity index (χ1) is 8.54. The Morgan fingerprint density at radius 3 is 2.28 bits per heavy atom. The molecule has 1 nitrogen and oxygen atoms in total. The zero-order valence-corrected chi connectivity index (χ0v) is 10.4. The SMILES string of the molecule is O=Cc1c(Cl)ccc(-c2ccc(F)cc2F)c1Cl. The van der Waals surface area contributed by atoms with Crippen molar-refractivity contribution in [3.63, 3.8) is 0 Å². The van der Waals surface area contributed by atoms with Crippen LogP contribution in [0.1, 0.15) is 10.4 Å². The first-order valence-corrected chi connectivity index (χ1v) is 5.68. The minimum atomic E-state index is -0.754. The van der Waals surface area contributed by atoms with Gasteiger partial charge in [0, 0.05) is 17.2 Å². The van der Waals surface area contributed by atoms with E-state index in [1.807, 2.05) is 0 Å². The van der Waals surface area contributed by atoms with E-state index in [0.717, 1.165) is 12.1 Å².